The van der Waals surface area contributed by atoms with E-state index in [-0.39, 0.29) is 11.4 Å². The van der Waals surface area contributed by atoms with E-state index in [2.05, 4.69) is 10.3 Å². The lowest BCUT2D eigenvalue weighted by atomic mass is 10.2. The number of amides is 1. The number of pyridine rings is 1. The van der Waals surface area contributed by atoms with Crippen LogP contribution >= 0.6 is 22.9 Å². The van der Waals surface area contributed by atoms with Crippen LogP contribution in [0.3, 0.4) is 0 Å². The van der Waals surface area contributed by atoms with E-state index in [4.69, 9.17) is 16.7 Å². The van der Waals surface area contributed by atoms with Gasteiger partial charge in [-0.3, -0.25) is 4.79 Å². The highest BCUT2D eigenvalue weighted by molar-refractivity contribution is 7.18. The van der Waals surface area contributed by atoms with Crippen molar-refractivity contribution in [2.45, 2.75) is 0 Å². The zero-order valence-electron chi connectivity index (χ0n) is 8.88. The molecule has 0 aliphatic rings. The summed E-state index contributed by atoms with van der Waals surface area (Å²) >= 11 is 6.83. The van der Waals surface area contributed by atoms with Crippen LogP contribution in [-0.2, 0) is 0 Å². The Morgan fingerprint density at radius 3 is 2.72 bits per heavy atom. The van der Waals surface area contributed by atoms with E-state index in [0.29, 0.717) is 9.21 Å². The molecule has 0 aliphatic carbocycles. The quantitative estimate of drug-likeness (QED) is 0.907. The summed E-state index contributed by atoms with van der Waals surface area (Å²) in [6.45, 7) is 0. The molecule has 2 aromatic heterocycles. The summed E-state index contributed by atoms with van der Waals surface area (Å²) in [6, 6.07) is 6.01. The molecule has 0 aliphatic heterocycles. The van der Waals surface area contributed by atoms with E-state index in [1.165, 1.54) is 18.3 Å². The van der Waals surface area contributed by atoms with Crippen LogP contribution in [0.2, 0.25) is 4.34 Å². The molecule has 0 unspecified atom stereocenters. The molecule has 2 rings (SSSR count). The molecule has 2 heterocycles. The first-order chi connectivity index (χ1) is 8.58. The number of hydrogen-bond donors (Lipinski definition) is 2. The van der Waals surface area contributed by atoms with Crippen molar-refractivity contribution in [3.8, 4) is 0 Å². The Bertz CT molecular complexity index is 612. The fraction of sp³-hybridized carbons (Fsp3) is 0. The van der Waals surface area contributed by atoms with Gasteiger partial charge in [-0.25, -0.2) is 9.78 Å². The third-order valence-electron chi connectivity index (χ3n) is 2.07. The van der Waals surface area contributed by atoms with Gasteiger partial charge in [-0.15, -0.1) is 11.3 Å². The number of anilines is 1. The van der Waals surface area contributed by atoms with E-state index in [1.54, 1.807) is 12.1 Å². The summed E-state index contributed by atoms with van der Waals surface area (Å²) < 4.78 is 0.486. The molecule has 18 heavy (non-hydrogen) atoms. The number of hydrogen-bond acceptors (Lipinski definition) is 4. The van der Waals surface area contributed by atoms with Gasteiger partial charge in [0.1, 0.15) is 11.4 Å². The number of thiophene rings is 1. The molecule has 0 saturated carbocycles. The molecule has 0 spiro atoms. The fourth-order valence-electron chi connectivity index (χ4n) is 1.28. The van der Waals surface area contributed by atoms with E-state index in [1.807, 2.05) is 0 Å². The minimum Gasteiger partial charge on any atom is -0.478 e. The Kier molecular flexibility index (Phi) is 3.59. The first-order valence-electron chi connectivity index (χ1n) is 4.83. The van der Waals surface area contributed by atoms with Crippen LogP contribution in [0.4, 0.5) is 5.82 Å². The third kappa shape index (κ3) is 2.66. The average molecular weight is 283 g/mol. The van der Waals surface area contributed by atoms with Crippen molar-refractivity contribution in [3.63, 3.8) is 0 Å². The SMILES string of the molecule is O=C(Nc1ncccc1C(=O)O)c1ccc(Cl)s1. The van der Waals surface area contributed by atoms with E-state index in [0.717, 1.165) is 11.3 Å². The van der Waals surface area contributed by atoms with Crippen LogP contribution in [-0.4, -0.2) is 22.0 Å². The van der Waals surface area contributed by atoms with Crippen LogP contribution in [0.5, 0.6) is 0 Å². The first kappa shape index (κ1) is 12.5. The van der Waals surface area contributed by atoms with Gasteiger partial charge >= 0.3 is 5.97 Å². The molecule has 5 nitrogen and oxygen atoms in total. The molecule has 2 N–H and O–H groups in total. The van der Waals surface area contributed by atoms with Crippen molar-refractivity contribution in [1.29, 1.82) is 0 Å². The molecule has 0 bridgehead atoms. The van der Waals surface area contributed by atoms with Crippen LogP contribution < -0.4 is 5.32 Å². The number of aromatic nitrogens is 1. The van der Waals surface area contributed by atoms with Gasteiger partial charge in [-0.1, -0.05) is 11.6 Å². The van der Waals surface area contributed by atoms with Gasteiger partial charge in [-0.2, -0.15) is 0 Å². The predicted molar refractivity (Wildman–Crippen MR) is 68.5 cm³/mol. The highest BCUT2D eigenvalue weighted by Gasteiger charge is 2.15. The number of carbonyl (C=O) groups excluding carboxylic acids is 1. The van der Waals surface area contributed by atoms with Gasteiger partial charge < -0.3 is 10.4 Å². The Morgan fingerprint density at radius 2 is 2.11 bits per heavy atom. The maximum absolute atomic E-state index is 11.8. The Labute approximate surface area is 111 Å². The maximum Gasteiger partial charge on any atom is 0.339 e. The second-order valence-corrected chi connectivity index (χ2v) is 4.98. The molecule has 0 fully saturated rings. The number of halogens is 1. The van der Waals surface area contributed by atoms with Gasteiger partial charge in [-0.05, 0) is 24.3 Å². The van der Waals surface area contributed by atoms with Gasteiger partial charge in [0, 0.05) is 6.20 Å². The summed E-state index contributed by atoms with van der Waals surface area (Å²) in [5.74, 6) is -1.57. The number of carbonyl (C=O) groups is 2. The van der Waals surface area contributed by atoms with Crippen molar-refractivity contribution in [1.82, 2.24) is 4.98 Å². The molecule has 92 valence electrons. The molecule has 0 saturated heterocycles. The van der Waals surface area contributed by atoms with Gasteiger partial charge in [0.25, 0.3) is 5.91 Å². The van der Waals surface area contributed by atoms with E-state index >= 15 is 0 Å². The Hall–Kier alpha value is -1.92. The monoisotopic (exact) mass is 282 g/mol. The molecule has 0 radical (unpaired) electrons. The van der Waals surface area contributed by atoms with Gasteiger partial charge in [0.2, 0.25) is 0 Å². The van der Waals surface area contributed by atoms with Crippen molar-refractivity contribution in [2.75, 3.05) is 5.32 Å². The van der Waals surface area contributed by atoms with Crippen molar-refractivity contribution in [2.24, 2.45) is 0 Å². The summed E-state index contributed by atoms with van der Waals surface area (Å²) in [5, 5.41) is 11.4. The first-order valence-corrected chi connectivity index (χ1v) is 6.02. The molecular formula is C11H7ClN2O3S. The highest BCUT2D eigenvalue weighted by Crippen LogP contribution is 2.22. The Morgan fingerprint density at radius 1 is 1.33 bits per heavy atom. The Balaban J connectivity index is 2.24. The molecular weight excluding hydrogens is 276 g/mol. The van der Waals surface area contributed by atoms with Crippen LogP contribution in [0.15, 0.2) is 30.5 Å². The minimum absolute atomic E-state index is 0.0134. The van der Waals surface area contributed by atoms with Crippen molar-refractivity contribution in [3.05, 3.63) is 45.2 Å². The lowest BCUT2D eigenvalue weighted by Gasteiger charge is -2.05. The second-order valence-electron chi connectivity index (χ2n) is 3.26. The summed E-state index contributed by atoms with van der Waals surface area (Å²) in [5.41, 5.74) is -0.0616. The van der Waals surface area contributed by atoms with Crippen molar-refractivity contribution >= 4 is 40.6 Å². The number of nitrogens with one attached hydrogen (secondary N) is 1. The smallest absolute Gasteiger partial charge is 0.339 e. The maximum atomic E-state index is 11.8. The highest BCUT2D eigenvalue weighted by atomic mass is 35.5. The number of aromatic carboxylic acids is 1. The van der Waals surface area contributed by atoms with Crippen molar-refractivity contribution < 1.29 is 14.7 Å². The van der Waals surface area contributed by atoms with Crippen LogP contribution in [0, 0.1) is 0 Å². The summed E-state index contributed by atoms with van der Waals surface area (Å²) in [7, 11) is 0. The van der Waals surface area contributed by atoms with Crippen LogP contribution in [0.1, 0.15) is 20.0 Å². The number of nitrogens with zero attached hydrogens (tertiary/aromatic N) is 1. The summed E-state index contributed by atoms with van der Waals surface area (Å²) in [4.78, 5) is 27.0. The standard InChI is InChI=1S/C11H7ClN2O3S/c12-8-4-3-7(18-8)10(15)14-9-6(11(16)17)2-1-5-13-9/h1-5H,(H,16,17)(H,13,14,15). The van der Waals surface area contributed by atoms with E-state index < -0.39 is 11.9 Å². The molecule has 2 aromatic rings. The lowest BCUT2D eigenvalue weighted by Crippen LogP contribution is -2.14. The number of carboxylic acids is 1. The molecule has 0 aromatic carbocycles. The molecule has 7 heteroatoms. The summed E-state index contributed by atoms with van der Waals surface area (Å²) in [6.07, 6.45) is 1.41. The molecule has 1 amide bonds. The number of carboxylic acid groups (broad SMARTS) is 1. The largest absolute Gasteiger partial charge is 0.478 e. The third-order valence-corrected chi connectivity index (χ3v) is 3.30. The zero-order valence-corrected chi connectivity index (χ0v) is 10.5. The fourth-order valence-corrected chi connectivity index (χ4v) is 2.22. The van der Waals surface area contributed by atoms with E-state index in [9.17, 15) is 9.59 Å². The molecule has 0 atom stereocenters. The van der Waals surface area contributed by atoms with Crippen LogP contribution in [0.25, 0.3) is 0 Å². The average Bonchev–Trinajstić information content (AvgIpc) is 2.76. The second kappa shape index (κ2) is 5.16. The normalized spacial score (nSPS) is 10.1. The van der Waals surface area contributed by atoms with Gasteiger partial charge in [0.15, 0.2) is 0 Å². The lowest BCUT2D eigenvalue weighted by molar-refractivity contribution is 0.0697. The van der Waals surface area contributed by atoms with Gasteiger partial charge in [0.05, 0.1) is 9.21 Å². The predicted octanol–water partition coefficient (Wildman–Crippen LogP) is 2.75. The number of rotatable bonds is 3. The zero-order chi connectivity index (χ0) is 13.1. The minimum atomic E-state index is -1.15. The topological polar surface area (TPSA) is 79.3 Å².